The summed E-state index contributed by atoms with van der Waals surface area (Å²) in [6.45, 7) is 8.42. The van der Waals surface area contributed by atoms with E-state index in [1.165, 1.54) is 5.56 Å². The van der Waals surface area contributed by atoms with Gasteiger partial charge in [0.05, 0.1) is 5.69 Å². The van der Waals surface area contributed by atoms with Gasteiger partial charge in [-0.15, -0.1) is 0 Å². The van der Waals surface area contributed by atoms with E-state index in [1.54, 1.807) is 0 Å². The number of benzene rings is 2. The van der Waals surface area contributed by atoms with Crippen LogP contribution in [-0.2, 0) is 12.8 Å². The molecule has 0 bridgehead atoms. The highest BCUT2D eigenvalue weighted by Crippen LogP contribution is 2.29. The summed E-state index contributed by atoms with van der Waals surface area (Å²) in [6, 6.07) is 16.1. The second kappa shape index (κ2) is 9.01. The fourth-order valence-corrected chi connectivity index (χ4v) is 3.41. The number of Topliss-reactive ketones (excluding diaryl/α,β-unsaturated/α-hetero) is 1. The summed E-state index contributed by atoms with van der Waals surface area (Å²) in [5, 5.41) is 0. The molecule has 3 heteroatoms. The highest BCUT2D eigenvalue weighted by molar-refractivity contribution is 5.96. The lowest BCUT2D eigenvalue weighted by Crippen LogP contribution is -2.01. The van der Waals surface area contributed by atoms with Crippen LogP contribution in [0.15, 0.2) is 52.9 Å². The number of oxazole rings is 1. The predicted octanol–water partition coefficient (Wildman–Crippen LogP) is 6.54. The Morgan fingerprint density at radius 1 is 1.07 bits per heavy atom. The summed E-state index contributed by atoms with van der Waals surface area (Å²) in [5.74, 6) is 2.06. The molecule has 0 atom stereocenters. The van der Waals surface area contributed by atoms with Crippen molar-refractivity contribution in [2.24, 2.45) is 0 Å². The third-order valence-corrected chi connectivity index (χ3v) is 5.13. The molecule has 0 spiro atoms. The van der Waals surface area contributed by atoms with Crippen molar-refractivity contribution in [3.05, 3.63) is 76.7 Å². The first kappa shape index (κ1) is 20.1. The molecule has 1 aromatic heterocycles. The fourth-order valence-electron chi connectivity index (χ4n) is 3.41. The first-order chi connectivity index (χ1) is 13.5. The van der Waals surface area contributed by atoms with Gasteiger partial charge in [-0.25, -0.2) is 4.98 Å². The standard InChI is InChI=1S/C25H29NO2/c1-5-19-13-15-20(16-14-19)23(27)12-8-11-22-24(17(2)3)28-25(26-22)21-10-7-6-9-18(21)4/h6-7,9-10,13-17H,5,8,11-12H2,1-4H3. The summed E-state index contributed by atoms with van der Waals surface area (Å²) < 4.78 is 6.11. The monoisotopic (exact) mass is 375 g/mol. The zero-order chi connectivity index (χ0) is 20.1. The van der Waals surface area contributed by atoms with E-state index in [0.29, 0.717) is 12.3 Å². The minimum Gasteiger partial charge on any atom is -0.441 e. The third kappa shape index (κ3) is 4.59. The first-order valence-corrected chi connectivity index (χ1v) is 10.2. The van der Waals surface area contributed by atoms with Gasteiger partial charge in [-0.05, 0) is 43.4 Å². The molecule has 0 aliphatic heterocycles. The van der Waals surface area contributed by atoms with Gasteiger partial charge in [-0.3, -0.25) is 4.79 Å². The lowest BCUT2D eigenvalue weighted by Gasteiger charge is -2.04. The third-order valence-electron chi connectivity index (χ3n) is 5.13. The number of carbonyl (C=O) groups excluding carboxylic acids is 1. The molecule has 0 unspecified atom stereocenters. The molecule has 0 aliphatic carbocycles. The highest BCUT2D eigenvalue weighted by Gasteiger charge is 2.18. The Labute approximate surface area is 167 Å². The molecule has 0 N–H and O–H groups in total. The SMILES string of the molecule is CCc1ccc(C(=O)CCCc2nc(-c3ccccc3C)oc2C(C)C)cc1. The van der Waals surface area contributed by atoms with Crippen LogP contribution in [0.25, 0.3) is 11.5 Å². The molecule has 3 aromatic rings. The van der Waals surface area contributed by atoms with Gasteiger partial charge in [0.2, 0.25) is 5.89 Å². The van der Waals surface area contributed by atoms with Crippen LogP contribution in [-0.4, -0.2) is 10.8 Å². The van der Waals surface area contributed by atoms with Crippen molar-refractivity contribution in [3.63, 3.8) is 0 Å². The molecule has 0 amide bonds. The predicted molar refractivity (Wildman–Crippen MR) is 114 cm³/mol. The van der Waals surface area contributed by atoms with Crippen molar-refractivity contribution in [2.45, 2.75) is 59.3 Å². The lowest BCUT2D eigenvalue weighted by molar-refractivity contribution is 0.0980. The topological polar surface area (TPSA) is 43.1 Å². The van der Waals surface area contributed by atoms with Gasteiger partial charge < -0.3 is 4.42 Å². The molecule has 0 aliphatic rings. The van der Waals surface area contributed by atoms with E-state index < -0.39 is 0 Å². The summed E-state index contributed by atoms with van der Waals surface area (Å²) in [4.78, 5) is 17.3. The lowest BCUT2D eigenvalue weighted by atomic mass is 10.0. The van der Waals surface area contributed by atoms with E-state index >= 15 is 0 Å². The van der Waals surface area contributed by atoms with Crippen LogP contribution in [0.3, 0.4) is 0 Å². The Morgan fingerprint density at radius 3 is 2.43 bits per heavy atom. The molecule has 3 rings (SSSR count). The fraction of sp³-hybridized carbons (Fsp3) is 0.360. The number of hydrogen-bond donors (Lipinski definition) is 0. The Balaban J connectivity index is 1.69. The Bertz CT molecular complexity index is 935. The molecule has 0 saturated carbocycles. The van der Waals surface area contributed by atoms with Crippen LogP contribution in [0.4, 0.5) is 0 Å². The molecular formula is C25H29NO2. The average Bonchev–Trinajstić information content (AvgIpc) is 3.12. The summed E-state index contributed by atoms with van der Waals surface area (Å²) in [5.41, 5.74) is 5.20. The van der Waals surface area contributed by atoms with Crippen molar-refractivity contribution in [2.75, 3.05) is 0 Å². The van der Waals surface area contributed by atoms with Crippen LogP contribution < -0.4 is 0 Å². The summed E-state index contributed by atoms with van der Waals surface area (Å²) >= 11 is 0. The molecule has 2 aromatic carbocycles. The molecule has 28 heavy (non-hydrogen) atoms. The van der Waals surface area contributed by atoms with Gasteiger partial charge in [-0.2, -0.15) is 0 Å². The van der Waals surface area contributed by atoms with E-state index in [1.807, 2.05) is 42.5 Å². The van der Waals surface area contributed by atoms with Crippen molar-refractivity contribution >= 4 is 5.78 Å². The van der Waals surface area contributed by atoms with Crippen LogP contribution in [0.5, 0.6) is 0 Å². The van der Waals surface area contributed by atoms with E-state index in [-0.39, 0.29) is 11.7 Å². The maximum Gasteiger partial charge on any atom is 0.226 e. The van der Waals surface area contributed by atoms with Gasteiger partial charge >= 0.3 is 0 Å². The molecule has 0 radical (unpaired) electrons. The Hall–Kier alpha value is -2.68. The number of hydrogen-bond acceptors (Lipinski definition) is 3. The van der Waals surface area contributed by atoms with Gasteiger partial charge in [0.1, 0.15) is 5.76 Å². The maximum absolute atomic E-state index is 12.5. The second-order valence-corrected chi connectivity index (χ2v) is 7.63. The van der Waals surface area contributed by atoms with Gasteiger partial charge in [0.25, 0.3) is 0 Å². The number of rotatable bonds is 8. The smallest absolute Gasteiger partial charge is 0.226 e. The van der Waals surface area contributed by atoms with Crippen molar-refractivity contribution in [3.8, 4) is 11.5 Å². The molecule has 1 heterocycles. The van der Waals surface area contributed by atoms with Crippen molar-refractivity contribution in [1.82, 2.24) is 4.98 Å². The van der Waals surface area contributed by atoms with Crippen LogP contribution >= 0.6 is 0 Å². The molecule has 146 valence electrons. The average molecular weight is 376 g/mol. The van der Waals surface area contributed by atoms with E-state index in [0.717, 1.165) is 47.4 Å². The largest absolute Gasteiger partial charge is 0.441 e. The van der Waals surface area contributed by atoms with E-state index in [4.69, 9.17) is 9.40 Å². The van der Waals surface area contributed by atoms with Crippen molar-refractivity contribution < 1.29 is 9.21 Å². The highest BCUT2D eigenvalue weighted by atomic mass is 16.4. The van der Waals surface area contributed by atoms with Crippen molar-refractivity contribution in [1.29, 1.82) is 0 Å². The number of aromatic nitrogens is 1. The Morgan fingerprint density at radius 2 is 1.79 bits per heavy atom. The summed E-state index contributed by atoms with van der Waals surface area (Å²) in [7, 11) is 0. The number of nitrogens with zero attached hydrogens (tertiary/aromatic N) is 1. The Kier molecular flexibility index (Phi) is 6.45. The zero-order valence-corrected chi connectivity index (χ0v) is 17.3. The second-order valence-electron chi connectivity index (χ2n) is 7.63. The minimum absolute atomic E-state index is 0.191. The van der Waals surface area contributed by atoms with Crippen LogP contribution in [0.2, 0.25) is 0 Å². The molecule has 0 saturated heterocycles. The summed E-state index contributed by atoms with van der Waals surface area (Å²) in [6.07, 6.45) is 3.03. The molecular weight excluding hydrogens is 346 g/mol. The number of carbonyl (C=O) groups is 1. The number of aryl methyl sites for hydroxylation is 3. The zero-order valence-electron chi connectivity index (χ0n) is 17.3. The molecule has 0 fully saturated rings. The minimum atomic E-state index is 0.191. The quantitative estimate of drug-likeness (QED) is 0.420. The first-order valence-electron chi connectivity index (χ1n) is 10.2. The molecule has 3 nitrogen and oxygen atoms in total. The maximum atomic E-state index is 12.5. The van der Waals surface area contributed by atoms with Gasteiger partial charge in [0, 0.05) is 23.5 Å². The van der Waals surface area contributed by atoms with Crippen LogP contribution in [0, 0.1) is 6.92 Å². The van der Waals surface area contributed by atoms with E-state index in [2.05, 4.69) is 33.8 Å². The van der Waals surface area contributed by atoms with Gasteiger partial charge in [0.15, 0.2) is 5.78 Å². The normalized spacial score (nSPS) is 11.2. The van der Waals surface area contributed by atoms with Gasteiger partial charge in [-0.1, -0.05) is 63.2 Å². The number of ketones is 1. The van der Waals surface area contributed by atoms with Crippen LogP contribution in [0.1, 0.15) is 72.5 Å². The van der Waals surface area contributed by atoms with E-state index in [9.17, 15) is 4.79 Å².